The zero-order valence-corrected chi connectivity index (χ0v) is 15.5. The molecule has 1 aliphatic heterocycles. The third kappa shape index (κ3) is 5.79. The van der Waals surface area contributed by atoms with Crippen LogP contribution in [0.5, 0.6) is 5.75 Å². The first kappa shape index (κ1) is 19.8. The minimum absolute atomic E-state index is 0. The van der Waals surface area contributed by atoms with E-state index in [1.807, 2.05) is 6.07 Å². The van der Waals surface area contributed by atoms with Gasteiger partial charge in [0.1, 0.15) is 5.75 Å². The van der Waals surface area contributed by atoms with Gasteiger partial charge in [0, 0.05) is 36.7 Å². The molecule has 1 N–H and O–H groups in total. The molecule has 0 unspecified atom stereocenters. The van der Waals surface area contributed by atoms with Crippen LogP contribution in [0.2, 0.25) is 0 Å². The number of benzene rings is 1. The van der Waals surface area contributed by atoms with Crippen LogP contribution in [-0.4, -0.2) is 37.4 Å². The maximum atomic E-state index is 12.5. The number of alkyl halides is 3. The molecule has 3 rings (SSSR count). The molecule has 1 aromatic rings. The van der Waals surface area contributed by atoms with Crippen molar-refractivity contribution in [2.45, 2.75) is 31.7 Å². The Morgan fingerprint density at radius 2 is 1.88 bits per heavy atom. The van der Waals surface area contributed by atoms with Crippen molar-refractivity contribution in [1.82, 2.24) is 10.2 Å². The van der Waals surface area contributed by atoms with Gasteiger partial charge in [0.25, 0.3) is 0 Å². The lowest BCUT2D eigenvalue weighted by atomic mass is 9.98. The summed E-state index contributed by atoms with van der Waals surface area (Å²) in [4.78, 5) is 2.37. The third-order valence-corrected chi connectivity index (χ3v) is 4.82. The summed E-state index contributed by atoms with van der Waals surface area (Å²) in [5.41, 5.74) is 0.896. The highest BCUT2D eigenvalue weighted by molar-refractivity contribution is 9.10. The van der Waals surface area contributed by atoms with Crippen molar-refractivity contribution < 1.29 is 17.9 Å². The van der Waals surface area contributed by atoms with E-state index in [4.69, 9.17) is 0 Å². The van der Waals surface area contributed by atoms with Crippen molar-refractivity contribution in [3.8, 4) is 5.75 Å². The first-order valence-corrected chi connectivity index (χ1v) is 8.71. The highest BCUT2D eigenvalue weighted by atomic mass is 79.9. The van der Waals surface area contributed by atoms with Crippen molar-refractivity contribution in [1.29, 1.82) is 0 Å². The van der Waals surface area contributed by atoms with E-state index in [2.05, 4.69) is 30.9 Å². The summed E-state index contributed by atoms with van der Waals surface area (Å²) in [5, 5.41) is 3.32. The second-order valence-electron chi connectivity index (χ2n) is 6.25. The number of piperazine rings is 1. The highest BCUT2D eigenvalue weighted by Crippen LogP contribution is 2.41. The third-order valence-electron chi connectivity index (χ3n) is 4.36. The van der Waals surface area contributed by atoms with E-state index < -0.39 is 6.36 Å². The lowest BCUT2D eigenvalue weighted by Gasteiger charge is -2.35. The first-order valence-electron chi connectivity index (χ1n) is 7.92. The zero-order valence-electron chi connectivity index (χ0n) is 13.1. The summed E-state index contributed by atoms with van der Waals surface area (Å²) in [6.07, 6.45) is -1.22. The zero-order chi connectivity index (χ0) is 16.4. The van der Waals surface area contributed by atoms with Crippen LogP contribution < -0.4 is 10.1 Å². The second kappa shape index (κ2) is 8.25. The Morgan fingerprint density at radius 1 is 1.21 bits per heavy atom. The van der Waals surface area contributed by atoms with Gasteiger partial charge in [0.05, 0.1) is 0 Å². The number of ether oxygens (including phenoxy) is 1. The quantitative estimate of drug-likeness (QED) is 0.745. The fourth-order valence-electron chi connectivity index (χ4n) is 3.13. The van der Waals surface area contributed by atoms with Crippen LogP contribution in [0.4, 0.5) is 13.2 Å². The van der Waals surface area contributed by atoms with E-state index in [0.717, 1.165) is 38.2 Å². The Kier molecular flexibility index (Phi) is 6.82. The molecule has 2 fully saturated rings. The fourth-order valence-corrected chi connectivity index (χ4v) is 3.62. The molecule has 24 heavy (non-hydrogen) atoms. The number of halogens is 5. The summed E-state index contributed by atoms with van der Waals surface area (Å²) in [6, 6.07) is 4.96. The molecular weight excluding hydrogens is 409 g/mol. The predicted octanol–water partition coefficient (Wildman–Crippen LogP) is 4.52. The van der Waals surface area contributed by atoms with Gasteiger partial charge in [-0.25, -0.2) is 0 Å². The number of hydrogen-bond donors (Lipinski definition) is 1. The van der Waals surface area contributed by atoms with E-state index >= 15 is 0 Å². The second-order valence-corrected chi connectivity index (χ2v) is 7.16. The molecule has 0 amide bonds. The van der Waals surface area contributed by atoms with Crippen LogP contribution in [0, 0.1) is 5.92 Å². The van der Waals surface area contributed by atoms with Crippen molar-refractivity contribution in [3.05, 3.63) is 28.2 Å². The molecule has 1 saturated heterocycles. The molecule has 0 bridgehead atoms. The van der Waals surface area contributed by atoms with E-state index in [9.17, 15) is 13.2 Å². The average molecular weight is 430 g/mol. The Bertz CT molecular complexity index is 549. The van der Waals surface area contributed by atoms with Gasteiger partial charge in [-0.15, -0.1) is 25.6 Å². The molecular formula is C16H21BrClF3N2O. The van der Waals surface area contributed by atoms with E-state index in [0.29, 0.717) is 10.4 Å². The van der Waals surface area contributed by atoms with Crippen LogP contribution in [0.25, 0.3) is 0 Å². The molecule has 1 heterocycles. The maximum Gasteiger partial charge on any atom is 0.573 e. The number of rotatable bonds is 5. The average Bonchev–Trinajstić information content (AvgIpc) is 3.27. The molecule has 3 nitrogen and oxygen atoms in total. The number of hydrogen-bond acceptors (Lipinski definition) is 3. The molecule has 0 spiro atoms. The Labute approximate surface area is 154 Å². The molecule has 8 heteroatoms. The van der Waals surface area contributed by atoms with Gasteiger partial charge in [-0.2, -0.15) is 0 Å². The van der Waals surface area contributed by atoms with Gasteiger partial charge < -0.3 is 10.1 Å². The smallest absolute Gasteiger partial charge is 0.406 e. The van der Waals surface area contributed by atoms with E-state index in [-0.39, 0.29) is 24.2 Å². The SMILES string of the molecule is Cl.FC(F)(F)Oc1cc(Br)cc([C@H](CC2CC2)N2CCNCC2)c1. The molecule has 1 saturated carbocycles. The summed E-state index contributed by atoms with van der Waals surface area (Å²) in [5.74, 6) is 0.540. The number of nitrogens with zero attached hydrogens (tertiary/aromatic N) is 1. The summed E-state index contributed by atoms with van der Waals surface area (Å²) >= 11 is 3.32. The van der Waals surface area contributed by atoms with Crippen LogP contribution in [0.1, 0.15) is 30.9 Å². The minimum Gasteiger partial charge on any atom is -0.406 e. The van der Waals surface area contributed by atoms with Gasteiger partial charge in [0.2, 0.25) is 0 Å². The van der Waals surface area contributed by atoms with Gasteiger partial charge in [-0.3, -0.25) is 4.90 Å². The summed E-state index contributed by atoms with van der Waals surface area (Å²) in [6.45, 7) is 3.67. The van der Waals surface area contributed by atoms with E-state index in [1.165, 1.54) is 25.0 Å². The van der Waals surface area contributed by atoms with E-state index in [1.54, 1.807) is 0 Å². The largest absolute Gasteiger partial charge is 0.573 e. The standard InChI is InChI=1S/C16H20BrF3N2O.ClH/c17-13-8-12(9-14(10-13)23-16(18,19)20)15(7-11-1-2-11)22-5-3-21-4-6-22;/h8-11,15,21H,1-7H2;1H/t15-;/m0./s1. The summed E-state index contributed by atoms with van der Waals surface area (Å²) < 4.78 is 42.3. The Hall–Kier alpha value is -0.500. The first-order chi connectivity index (χ1) is 10.9. The van der Waals surface area contributed by atoms with Gasteiger partial charge >= 0.3 is 6.36 Å². The summed E-state index contributed by atoms with van der Waals surface area (Å²) in [7, 11) is 0. The normalized spacial score (nSPS) is 20.3. The molecule has 2 aliphatic rings. The van der Waals surface area contributed by atoms with Crippen molar-refractivity contribution in [2.24, 2.45) is 5.92 Å². The molecule has 0 aromatic heterocycles. The highest BCUT2D eigenvalue weighted by Gasteiger charge is 2.33. The van der Waals surface area contributed by atoms with Gasteiger partial charge in [-0.05, 0) is 36.1 Å². The Balaban J connectivity index is 0.00000208. The molecule has 1 atom stereocenters. The molecule has 0 radical (unpaired) electrons. The van der Waals surface area contributed by atoms with Gasteiger partial charge in [0.15, 0.2) is 0 Å². The van der Waals surface area contributed by atoms with Crippen LogP contribution in [0.15, 0.2) is 22.7 Å². The monoisotopic (exact) mass is 428 g/mol. The molecule has 136 valence electrons. The lowest BCUT2D eigenvalue weighted by molar-refractivity contribution is -0.274. The van der Waals surface area contributed by atoms with Crippen LogP contribution >= 0.6 is 28.3 Å². The topological polar surface area (TPSA) is 24.5 Å². The van der Waals surface area contributed by atoms with Crippen LogP contribution in [-0.2, 0) is 0 Å². The fraction of sp³-hybridized carbons (Fsp3) is 0.625. The van der Waals surface area contributed by atoms with Crippen molar-refractivity contribution in [3.63, 3.8) is 0 Å². The molecule has 1 aliphatic carbocycles. The van der Waals surface area contributed by atoms with Gasteiger partial charge in [-0.1, -0.05) is 28.8 Å². The number of nitrogens with one attached hydrogen (secondary N) is 1. The minimum atomic E-state index is -4.67. The van der Waals surface area contributed by atoms with Crippen LogP contribution in [0.3, 0.4) is 0 Å². The lowest BCUT2D eigenvalue weighted by Crippen LogP contribution is -2.45. The predicted molar refractivity (Wildman–Crippen MR) is 92.6 cm³/mol. The molecule has 1 aromatic carbocycles. The maximum absolute atomic E-state index is 12.5. The van der Waals surface area contributed by atoms with Crippen molar-refractivity contribution >= 4 is 28.3 Å². The van der Waals surface area contributed by atoms with Crippen molar-refractivity contribution in [2.75, 3.05) is 26.2 Å². The Morgan fingerprint density at radius 3 is 2.46 bits per heavy atom.